The van der Waals surface area contributed by atoms with Gasteiger partial charge in [-0.05, 0) is 37.3 Å². The Morgan fingerprint density at radius 1 is 1.35 bits per heavy atom. The molecule has 1 aromatic heterocycles. The van der Waals surface area contributed by atoms with Gasteiger partial charge in [-0.3, -0.25) is 4.79 Å². The number of hydrogen-bond donors (Lipinski definition) is 2. The first kappa shape index (κ1) is 14.8. The third-order valence-corrected chi connectivity index (χ3v) is 3.60. The average molecular weight is 276 g/mol. The zero-order valence-electron chi connectivity index (χ0n) is 12.4. The molecule has 1 unspecified atom stereocenters. The second-order valence-corrected chi connectivity index (χ2v) is 5.49. The Morgan fingerprint density at radius 2 is 2.15 bits per heavy atom. The number of carbonyl (C=O) groups is 1. The minimum Gasteiger partial charge on any atom is -0.369 e. The number of nitrogens with zero attached hydrogens (tertiary/aromatic N) is 2. The van der Waals surface area contributed by atoms with E-state index in [9.17, 15) is 4.79 Å². The first-order valence-electron chi connectivity index (χ1n) is 7.61. The van der Waals surface area contributed by atoms with Crippen molar-refractivity contribution in [3.8, 4) is 0 Å². The zero-order chi connectivity index (χ0) is 14.4. The summed E-state index contributed by atoms with van der Waals surface area (Å²) in [7, 11) is 0. The Labute approximate surface area is 120 Å². The minimum atomic E-state index is -0.118. The van der Waals surface area contributed by atoms with Gasteiger partial charge in [-0.2, -0.15) is 0 Å². The standard InChI is InChI=1S/C15H24N4O/c1-3-9-16-14-8-7-13(18-19-14)15(20)17-12(4-2)10-11-5-6-11/h7-8,11-12H,3-6,9-10H2,1-2H3,(H,16,19)(H,17,20). The lowest BCUT2D eigenvalue weighted by Gasteiger charge is -2.16. The molecule has 1 saturated carbocycles. The molecule has 0 bridgehead atoms. The fourth-order valence-corrected chi connectivity index (χ4v) is 2.14. The van der Waals surface area contributed by atoms with Crippen LogP contribution in [-0.2, 0) is 0 Å². The first-order valence-corrected chi connectivity index (χ1v) is 7.61. The molecule has 0 aromatic carbocycles. The van der Waals surface area contributed by atoms with Crippen LogP contribution in [0.25, 0.3) is 0 Å². The van der Waals surface area contributed by atoms with Crippen LogP contribution in [0.4, 0.5) is 5.82 Å². The number of rotatable bonds is 8. The van der Waals surface area contributed by atoms with Gasteiger partial charge < -0.3 is 10.6 Å². The lowest BCUT2D eigenvalue weighted by Crippen LogP contribution is -2.35. The van der Waals surface area contributed by atoms with Gasteiger partial charge in [-0.15, -0.1) is 10.2 Å². The Hall–Kier alpha value is -1.65. The molecule has 0 saturated heterocycles. The fraction of sp³-hybridized carbons (Fsp3) is 0.667. The molecule has 1 atom stereocenters. The maximum Gasteiger partial charge on any atom is 0.272 e. The van der Waals surface area contributed by atoms with E-state index in [0.29, 0.717) is 11.5 Å². The van der Waals surface area contributed by atoms with E-state index in [1.807, 2.05) is 0 Å². The van der Waals surface area contributed by atoms with Gasteiger partial charge in [-0.25, -0.2) is 0 Å². The quantitative estimate of drug-likeness (QED) is 0.766. The Kier molecular flexibility index (Phi) is 5.32. The SMILES string of the molecule is CCCNc1ccc(C(=O)NC(CC)CC2CC2)nn1. The van der Waals surface area contributed by atoms with Gasteiger partial charge in [0, 0.05) is 12.6 Å². The molecule has 20 heavy (non-hydrogen) atoms. The van der Waals surface area contributed by atoms with Crippen molar-refractivity contribution >= 4 is 11.7 Å². The molecule has 0 aliphatic heterocycles. The van der Waals surface area contributed by atoms with Gasteiger partial charge in [0.15, 0.2) is 5.69 Å². The second kappa shape index (κ2) is 7.22. The lowest BCUT2D eigenvalue weighted by molar-refractivity contribution is 0.0926. The monoisotopic (exact) mass is 276 g/mol. The van der Waals surface area contributed by atoms with Crippen LogP contribution in [0.5, 0.6) is 0 Å². The summed E-state index contributed by atoms with van der Waals surface area (Å²) in [5, 5.41) is 14.2. The highest BCUT2D eigenvalue weighted by atomic mass is 16.2. The highest BCUT2D eigenvalue weighted by Crippen LogP contribution is 2.34. The second-order valence-electron chi connectivity index (χ2n) is 5.49. The van der Waals surface area contributed by atoms with Crippen LogP contribution in [0.1, 0.15) is 56.4 Å². The molecule has 5 nitrogen and oxygen atoms in total. The number of anilines is 1. The number of amides is 1. The summed E-state index contributed by atoms with van der Waals surface area (Å²) in [6, 6.07) is 3.79. The summed E-state index contributed by atoms with van der Waals surface area (Å²) in [5.41, 5.74) is 0.390. The molecule has 2 N–H and O–H groups in total. The summed E-state index contributed by atoms with van der Waals surface area (Å²) >= 11 is 0. The van der Waals surface area contributed by atoms with Crippen LogP contribution in [-0.4, -0.2) is 28.7 Å². The van der Waals surface area contributed by atoms with E-state index in [0.717, 1.165) is 31.7 Å². The Bertz CT molecular complexity index is 428. The van der Waals surface area contributed by atoms with Crippen molar-refractivity contribution in [1.29, 1.82) is 0 Å². The van der Waals surface area contributed by atoms with Crippen molar-refractivity contribution < 1.29 is 4.79 Å². The lowest BCUT2D eigenvalue weighted by atomic mass is 10.1. The number of hydrogen-bond acceptors (Lipinski definition) is 4. The highest BCUT2D eigenvalue weighted by molar-refractivity contribution is 5.92. The predicted molar refractivity (Wildman–Crippen MR) is 79.7 cm³/mol. The minimum absolute atomic E-state index is 0.118. The van der Waals surface area contributed by atoms with Crippen LogP contribution in [0, 0.1) is 5.92 Å². The van der Waals surface area contributed by atoms with Crippen molar-refractivity contribution in [3.05, 3.63) is 17.8 Å². The van der Waals surface area contributed by atoms with Crippen LogP contribution in [0.3, 0.4) is 0 Å². The molecule has 1 amide bonds. The molecule has 1 aliphatic carbocycles. The van der Waals surface area contributed by atoms with Gasteiger partial charge in [0.25, 0.3) is 5.91 Å². The maximum atomic E-state index is 12.1. The molecular formula is C15H24N4O. The van der Waals surface area contributed by atoms with E-state index in [-0.39, 0.29) is 11.9 Å². The summed E-state index contributed by atoms with van der Waals surface area (Å²) in [4.78, 5) is 12.1. The van der Waals surface area contributed by atoms with E-state index in [1.54, 1.807) is 12.1 Å². The first-order chi connectivity index (χ1) is 9.72. The van der Waals surface area contributed by atoms with Gasteiger partial charge in [-0.1, -0.05) is 26.7 Å². The van der Waals surface area contributed by atoms with E-state index < -0.39 is 0 Å². The van der Waals surface area contributed by atoms with Crippen LogP contribution >= 0.6 is 0 Å². The molecule has 0 radical (unpaired) electrons. The van der Waals surface area contributed by atoms with Gasteiger partial charge in [0.2, 0.25) is 0 Å². The van der Waals surface area contributed by atoms with E-state index in [2.05, 4.69) is 34.7 Å². The number of nitrogens with one attached hydrogen (secondary N) is 2. The largest absolute Gasteiger partial charge is 0.369 e. The molecular weight excluding hydrogens is 252 g/mol. The fourth-order valence-electron chi connectivity index (χ4n) is 2.14. The van der Waals surface area contributed by atoms with Crippen molar-refractivity contribution in [2.75, 3.05) is 11.9 Å². The molecule has 2 rings (SSSR count). The van der Waals surface area contributed by atoms with E-state index in [4.69, 9.17) is 0 Å². The predicted octanol–water partition coefficient (Wildman–Crippen LogP) is 2.61. The van der Waals surface area contributed by atoms with Crippen LogP contribution in [0.2, 0.25) is 0 Å². The van der Waals surface area contributed by atoms with Gasteiger partial charge in [0.05, 0.1) is 0 Å². The van der Waals surface area contributed by atoms with Gasteiger partial charge in [0.1, 0.15) is 5.82 Å². The maximum absolute atomic E-state index is 12.1. The summed E-state index contributed by atoms with van der Waals surface area (Å²) in [5.74, 6) is 1.41. The Balaban J connectivity index is 1.87. The van der Waals surface area contributed by atoms with Crippen molar-refractivity contribution in [2.24, 2.45) is 5.92 Å². The number of aromatic nitrogens is 2. The Morgan fingerprint density at radius 3 is 2.70 bits per heavy atom. The molecule has 0 spiro atoms. The molecule has 110 valence electrons. The van der Waals surface area contributed by atoms with Crippen LogP contribution in [0.15, 0.2) is 12.1 Å². The zero-order valence-corrected chi connectivity index (χ0v) is 12.4. The smallest absolute Gasteiger partial charge is 0.272 e. The molecule has 5 heteroatoms. The summed E-state index contributed by atoms with van der Waals surface area (Å²) in [6.07, 6.45) is 5.70. The molecule has 1 fully saturated rings. The average Bonchev–Trinajstić information content (AvgIpc) is 3.28. The van der Waals surface area contributed by atoms with Crippen LogP contribution < -0.4 is 10.6 Å². The normalized spacial score (nSPS) is 15.7. The number of carbonyl (C=O) groups excluding carboxylic acids is 1. The molecule has 1 heterocycles. The topological polar surface area (TPSA) is 66.9 Å². The summed E-state index contributed by atoms with van der Waals surface area (Å²) in [6.45, 7) is 5.06. The molecule has 1 aromatic rings. The highest BCUT2D eigenvalue weighted by Gasteiger charge is 2.25. The van der Waals surface area contributed by atoms with Gasteiger partial charge >= 0.3 is 0 Å². The van der Waals surface area contributed by atoms with Crippen molar-refractivity contribution in [2.45, 2.75) is 52.0 Å². The third-order valence-electron chi connectivity index (χ3n) is 3.60. The third kappa shape index (κ3) is 4.47. The van der Waals surface area contributed by atoms with E-state index >= 15 is 0 Å². The summed E-state index contributed by atoms with van der Waals surface area (Å²) < 4.78 is 0. The molecule has 1 aliphatic rings. The van der Waals surface area contributed by atoms with Crippen molar-refractivity contribution in [1.82, 2.24) is 15.5 Å². The van der Waals surface area contributed by atoms with Crippen molar-refractivity contribution in [3.63, 3.8) is 0 Å². The van der Waals surface area contributed by atoms with E-state index in [1.165, 1.54) is 12.8 Å².